The van der Waals surface area contributed by atoms with E-state index < -0.39 is 0 Å². The van der Waals surface area contributed by atoms with E-state index in [1.807, 2.05) is 31.2 Å². The molecule has 116 valence electrons. The first-order valence-electron chi connectivity index (χ1n) is 7.05. The van der Waals surface area contributed by atoms with Gasteiger partial charge in [0.1, 0.15) is 5.82 Å². The molecule has 0 aliphatic rings. The predicted octanol–water partition coefficient (Wildman–Crippen LogP) is 3.37. The molecule has 0 fully saturated rings. The van der Waals surface area contributed by atoms with Crippen LogP contribution in [0.4, 0.5) is 10.1 Å². The van der Waals surface area contributed by atoms with Gasteiger partial charge in [0.05, 0.1) is 6.42 Å². The van der Waals surface area contributed by atoms with E-state index in [1.165, 1.54) is 12.1 Å². The van der Waals surface area contributed by atoms with Crippen molar-refractivity contribution in [3.63, 3.8) is 0 Å². The number of nitrogens with one attached hydrogen (secondary N) is 1. The number of benzene rings is 2. The van der Waals surface area contributed by atoms with Gasteiger partial charge >= 0.3 is 0 Å². The molecular weight excluding hydrogens is 297 g/mol. The number of aryl methyl sites for hydroxylation is 1. The zero-order valence-electron chi connectivity index (χ0n) is 12.4. The molecule has 0 spiro atoms. The minimum atomic E-state index is -0.389. The Balaban J connectivity index is 1.66. The first kappa shape index (κ1) is 14.9. The van der Waals surface area contributed by atoms with Crippen molar-refractivity contribution in [2.45, 2.75) is 13.3 Å². The van der Waals surface area contributed by atoms with Crippen LogP contribution in [0.15, 0.2) is 53.1 Å². The summed E-state index contributed by atoms with van der Waals surface area (Å²) in [6.07, 6.45) is -0.0211. The molecule has 2 aromatic carbocycles. The van der Waals surface area contributed by atoms with Gasteiger partial charge in [0.2, 0.25) is 5.91 Å². The SMILES string of the molecule is Cc1ccc(NC(=O)Cc2noc(-c3cccc(F)c3)n2)cc1. The molecule has 0 atom stereocenters. The summed E-state index contributed by atoms with van der Waals surface area (Å²) < 4.78 is 18.3. The molecule has 0 bridgehead atoms. The number of halogens is 1. The Kier molecular flexibility index (Phi) is 4.14. The standard InChI is InChI=1S/C17H14FN3O2/c1-11-5-7-14(8-6-11)19-16(22)10-15-20-17(23-21-15)12-3-2-4-13(18)9-12/h2-9H,10H2,1H3,(H,19,22). The van der Waals surface area contributed by atoms with E-state index in [4.69, 9.17) is 4.52 Å². The molecule has 1 heterocycles. The number of carbonyl (C=O) groups excluding carboxylic acids is 1. The van der Waals surface area contributed by atoms with Crippen LogP contribution < -0.4 is 5.32 Å². The maximum absolute atomic E-state index is 13.2. The number of anilines is 1. The van der Waals surface area contributed by atoms with Crippen molar-refractivity contribution < 1.29 is 13.7 Å². The zero-order chi connectivity index (χ0) is 16.2. The number of carbonyl (C=O) groups is 1. The molecule has 23 heavy (non-hydrogen) atoms. The van der Waals surface area contributed by atoms with Crippen molar-refractivity contribution in [1.29, 1.82) is 0 Å². The summed E-state index contributed by atoms with van der Waals surface area (Å²) in [5.74, 6) is -0.212. The first-order valence-corrected chi connectivity index (χ1v) is 7.05. The van der Waals surface area contributed by atoms with Crippen LogP contribution in [-0.4, -0.2) is 16.0 Å². The van der Waals surface area contributed by atoms with Gasteiger partial charge in [0, 0.05) is 11.3 Å². The summed E-state index contributed by atoms with van der Waals surface area (Å²) in [7, 11) is 0. The highest BCUT2D eigenvalue weighted by Gasteiger charge is 2.13. The lowest BCUT2D eigenvalue weighted by atomic mass is 10.2. The predicted molar refractivity (Wildman–Crippen MR) is 83.2 cm³/mol. The molecule has 1 amide bonds. The summed E-state index contributed by atoms with van der Waals surface area (Å²) >= 11 is 0. The van der Waals surface area contributed by atoms with Crippen molar-refractivity contribution in [2.75, 3.05) is 5.32 Å². The van der Waals surface area contributed by atoms with Crippen LogP contribution in [-0.2, 0) is 11.2 Å². The van der Waals surface area contributed by atoms with Crippen LogP contribution in [0.2, 0.25) is 0 Å². The third-order valence-corrected chi connectivity index (χ3v) is 3.19. The van der Waals surface area contributed by atoms with Gasteiger partial charge in [-0.1, -0.05) is 28.9 Å². The highest BCUT2D eigenvalue weighted by Crippen LogP contribution is 2.18. The molecule has 1 N–H and O–H groups in total. The number of hydrogen-bond acceptors (Lipinski definition) is 4. The van der Waals surface area contributed by atoms with E-state index in [0.29, 0.717) is 11.3 Å². The maximum Gasteiger partial charge on any atom is 0.258 e. The average molecular weight is 311 g/mol. The van der Waals surface area contributed by atoms with Gasteiger partial charge in [-0.05, 0) is 37.3 Å². The van der Waals surface area contributed by atoms with Gasteiger partial charge in [0.25, 0.3) is 5.89 Å². The number of rotatable bonds is 4. The van der Waals surface area contributed by atoms with Crippen molar-refractivity contribution in [1.82, 2.24) is 10.1 Å². The third kappa shape index (κ3) is 3.79. The molecule has 0 unspecified atom stereocenters. The zero-order valence-corrected chi connectivity index (χ0v) is 12.4. The van der Waals surface area contributed by atoms with E-state index in [0.717, 1.165) is 5.56 Å². The van der Waals surface area contributed by atoms with Crippen LogP contribution >= 0.6 is 0 Å². The van der Waals surface area contributed by atoms with Crippen LogP contribution in [0.5, 0.6) is 0 Å². The first-order chi connectivity index (χ1) is 11.1. The second-order valence-electron chi connectivity index (χ2n) is 5.12. The Morgan fingerprint density at radius 3 is 2.74 bits per heavy atom. The minimum Gasteiger partial charge on any atom is -0.334 e. The lowest BCUT2D eigenvalue weighted by Gasteiger charge is -2.03. The molecule has 0 saturated carbocycles. The van der Waals surface area contributed by atoms with Crippen LogP contribution in [0.25, 0.3) is 11.5 Å². The van der Waals surface area contributed by atoms with E-state index in [9.17, 15) is 9.18 Å². The average Bonchev–Trinajstić information content (AvgIpc) is 2.98. The Morgan fingerprint density at radius 1 is 1.22 bits per heavy atom. The lowest BCUT2D eigenvalue weighted by molar-refractivity contribution is -0.115. The molecular formula is C17H14FN3O2. The molecule has 0 aliphatic carbocycles. The highest BCUT2D eigenvalue weighted by atomic mass is 19.1. The topological polar surface area (TPSA) is 68.0 Å². The van der Waals surface area contributed by atoms with E-state index in [2.05, 4.69) is 15.5 Å². The Hall–Kier alpha value is -3.02. The molecule has 3 rings (SSSR count). The molecule has 0 aliphatic heterocycles. The summed E-state index contributed by atoms with van der Waals surface area (Å²) in [5, 5.41) is 6.50. The quantitative estimate of drug-likeness (QED) is 0.802. The van der Waals surface area contributed by atoms with E-state index >= 15 is 0 Å². The summed E-state index contributed by atoms with van der Waals surface area (Å²) in [6.45, 7) is 1.97. The fourth-order valence-corrected chi connectivity index (χ4v) is 2.05. The van der Waals surface area contributed by atoms with Crippen molar-refractivity contribution in [3.05, 3.63) is 65.7 Å². The fraction of sp³-hybridized carbons (Fsp3) is 0.118. The van der Waals surface area contributed by atoms with Crippen LogP contribution in [0, 0.1) is 12.7 Å². The molecule has 0 radical (unpaired) electrons. The number of hydrogen-bond donors (Lipinski definition) is 1. The van der Waals surface area contributed by atoms with Gasteiger partial charge in [-0.2, -0.15) is 4.98 Å². The van der Waals surface area contributed by atoms with Gasteiger partial charge < -0.3 is 9.84 Å². The van der Waals surface area contributed by atoms with Crippen LogP contribution in [0.3, 0.4) is 0 Å². The van der Waals surface area contributed by atoms with Gasteiger partial charge in [-0.15, -0.1) is 0 Å². The number of aromatic nitrogens is 2. The second-order valence-corrected chi connectivity index (χ2v) is 5.12. The second kappa shape index (κ2) is 6.39. The number of amides is 1. The summed E-state index contributed by atoms with van der Waals surface area (Å²) in [5.41, 5.74) is 2.29. The smallest absolute Gasteiger partial charge is 0.258 e. The van der Waals surface area contributed by atoms with E-state index in [-0.39, 0.29) is 29.9 Å². The van der Waals surface area contributed by atoms with E-state index in [1.54, 1.807) is 12.1 Å². The molecule has 5 nitrogen and oxygen atoms in total. The largest absolute Gasteiger partial charge is 0.334 e. The third-order valence-electron chi connectivity index (χ3n) is 3.19. The van der Waals surface area contributed by atoms with Gasteiger partial charge in [-0.3, -0.25) is 4.79 Å². The molecule has 6 heteroatoms. The fourth-order valence-electron chi connectivity index (χ4n) is 2.05. The van der Waals surface area contributed by atoms with Crippen LogP contribution in [0.1, 0.15) is 11.4 Å². The van der Waals surface area contributed by atoms with Crippen molar-refractivity contribution in [2.24, 2.45) is 0 Å². The Labute approximate surface area is 132 Å². The normalized spacial score (nSPS) is 10.5. The molecule has 1 aromatic heterocycles. The number of nitrogens with zero attached hydrogens (tertiary/aromatic N) is 2. The van der Waals surface area contributed by atoms with Gasteiger partial charge in [-0.25, -0.2) is 4.39 Å². The highest BCUT2D eigenvalue weighted by molar-refractivity contribution is 5.91. The van der Waals surface area contributed by atoms with Gasteiger partial charge in [0.15, 0.2) is 5.82 Å². The van der Waals surface area contributed by atoms with Crippen molar-refractivity contribution >= 4 is 11.6 Å². The lowest BCUT2D eigenvalue weighted by Crippen LogP contribution is -2.15. The van der Waals surface area contributed by atoms with Crippen molar-refractivity contribution in [3.8, 4) is 11.5 Å². The Morgan fingerprint density at radius 2 is 2.00 bits per heavy atom. The summed E-state index contributed by atoms with van der Waals surface area (Å²) in [4.78, 5) is 16.1. The monoisotopic (exact) mass is 311 g/mol. The minimum absolute atomic E-state index is 0.0211. The maximum atomic E-state index is 13.2. The Bertz CT molecular complexity index is 828. The molecule has 3 aromatic rings. The summed E-state index contributed by atoms with van der Waals surface area (Å²) in [6, 6.07) is 13.3. The molecule has 0 saturated heterocycles.